The number of hydrogen-bond acceptors (Lipinski definition) is 3. The van der Waals surface area contributed by atoms with E-state index in [9.17, 15) is 0 Å². The second-order valence-electron chi connectivity index (χ2n) is 7.32. The second kappa shape index (κ2) is 10.8. The summed E-state index contributed by atoms with van der Waals surface area (Å²) >= 11 is 12.2. The highest BCUT2D eigenvalue weighted by Crippen LogP contribution is 2.27. The monoisotopic (exact) mass is 429 g/mol. The maximum absolute atomic E-state index is 6.12. The highest BCUT2D eigenvalue weighted by molar-refractivity contribution is 6.31. The number of halogens is 2. The van der Waals surface area contributed by atoms with Gasteiger partial charge in [-0.15, -0.1) is 0 Å². The summed E-state index contributed by atoms with van der Waals surface area (Å²) in [6.45, 7) is 8.65. The first-order valence-electron chi connectivity index (χ1n) is 10.4. The van der Waals surface area contributed by atoms with E-state index in [-0.39, 0.29) is 0 Å². The number of anilines is 1. The van der Waals surface area contributed by atoms with Crippen molar-refractivity contribution in [3.63, 3.8) is 0 Å². The van der Waals surface area contributed by atoms with Crippen molar-refractivity contribution in [1.82, 2.24) is 9.88 Å². The molecule has 154 valence electrons. The van der Waals surface area contributed by atoms with Crippen LogP contribution in [0.2, 0.25) is 10.0 Å². The Morgan fingerprint density at radius 3 is 2.41 bits per heavy atom. The molecule has 1 aromatic heterocycles. The highest BCUT2D eigenvalue weighted by atomic mass is 35.5. The van der Waals surface area contributed by atoms with Crippen molar-refractivity contribution in [2.45, 2.75) is 32.6 Å². The van der Waals surface area contributed by atoms with Gasteiger partial charge in [0.2, 0.25) is 0 Å². The maximum Gasteiger partial charge on any atom is 0.0737 e. The number of nitrogens with zero attached hydrogens (tertiary/aromatic N) is 2. The Morgan fingerprint density at radius 1 is 0.966 bits per heavy atom. The molecule has 0 fully saturated rings. The fraction of sp³-hybridized carbons (Fsp3) is 0.375. The summed E-state index contributed by atoms with van der Waals surface area (Å²) in [5.74, 6) is 0.415. The maximum atomic E-state index is 6.12. The Balaban J connectivity index is 1.73. The molecule has 0 spiro atoms. The Morgan fingerprint density at radius 2 is 1.69 bits per heavy atom. The molecule has 0 bridgehead atoms. The molecule has 2 aromatic carbocycles. The number of nitrogens with one attached hydrogen (secondary N) is 1. The smallest absolute Gasteiger partial charge is 0.0737 e. The van der Waals surface area contributed by atoms with Crippen LogP contribution in [0.4, 0.5) is 5.69 Å². The van der Waals surface area contributed by atoms with Crippen molar-refractivity contribution < 1.29 is 0 Å². The van der Waals surface area contributed by atoms with Gasteiger partial charge in [-0.25, -0.2) is 0 Å². The summed E-state index contributed by atoms with van der Waals surface area (Å²) < 4.78 is 0. The standard InChI is InChI=1S/C24H29Cl2N3/c1-3-29(4-2)15-5-6-19(18-7-9-20(25)10-8-18)17-28-23-13-14-27-24-16-21(26)11-12-22(23)24/h7-14,16,19H,3-6,15,17H2,1-2H3,(H,27,28)/t19-/m0/s1. The number of aromatic nitrogens is 1. The largest absolute Gasteiger partial charge is 0.384 e. The van der Waals surface area contributed by atoms with Crippen LogP contribution in [-0.2, 0) is 0 Å². The lowest BCUT2D eigenvalue weighted by atomic mass is 9.93. The molecule has 0 aliphatic rings. The van der Waals surface area contributed by atoms with E-state index in [2.05, 4.69) is 41.2 Å². The highest BCUT2D eigenvalue weighted by Gasteiger charge is 2.13. The molecule has 29 heavy (non-hydrogen) atoms. The molecule has 3 aromatic rings. The summed E-state index contributed by atoms with van der Waals surface area (Å²) in [5, 5.41) is 6.23. The molecule has 0 saturated heterocycles. The average molecular weight is 430 g/mol. The topological polar surface area (TPSA) is 28.2 Å². The lowest BCUT2D eigenvalue weighted by Crippen LogP contribution is -2.24. The van der Waals surface area contributed by atoms with Crippen molar-refractivity contribution in [2.75, 3.05) is 31.5 Å². The molecular formula is C24H29Cl2N3. The third-order valence-corrected chi connectivity index (χ3v) is 5.99. The van der Waals surface area contributed by atoms with Crippen molar-refractivity contribution in [1.29, 1.82) is 0 Å². The Kier molecular flexibility index (Phi) is 8.17. The first-order chi connectivity index (χ1) is 14.1. The minimum absolute atomic E-state index is 0.415. The lowest BCUT2D eigenvalue weighted by molar-refractivity contribution is 0.293. The molecule has 3 nitrogen and oxygen atoms in total. The summed E-state index contributed by atoms with van der Waals surface area (Å²) in [6.07, 6.45) is 4.13. The molecule has 1 atom stereocenters. The van der Waals surface area contributed by atoms with Gasteiger partial charge in [0.05, 0.1) is 5.52 Å². The minimum atomic E-state index is 0.415. The minimum Gasteiger partial charge on any atom is -0.384 e. The number of hydrogen-bond donors (Lipinski definition) is 1. The van der Waals surface area contributed by atoms with E-state index >= 15 is 0 Å². The predicted octanol–water partition coefficient (Wildman–Crippen LogP) is 6.86. The molecule has 1 heterocycles. The molecule has 0 aliphatic carbocycles. The third-order valence-electron chi connectivity index (χ3n) is 5.51. The van der Waals surface area contributed by atoms with Crippen LogP contribution in [0.3, 0.4) is 0 Å². The Hall–Kier alpha value is -1.81. The number of rotatable bonds is 10. The van der Waals surface area contributed by atoms with E-state index in [1.54, 1.807) is 0 Å². The first-order valence-corrected chi connectivity index (χ1v) is 11.1. The van der Waals surface area contributed by atoms with Gasteiger partial charge in [-0.3, -0.25) is 4.98 Å². The molecule has 0 amide bonds. The molecule has 1 N–H and O–H groups in total. The van der Waals surface area contributed by atoms with Crippen LogP contribution in [0.5, 0.6) is 0 Å². The van der Waals surface area contributed by atoms with E-state index in [4.69, 9.17) is 23.2 Å². The van der Waals surface area contributed by atoms with Gasteiger partial charge in [0.25, 0.3) is 0 Å². The number of pyridine rings is 1. The van der Waals surface area contributed by atoms with E-state index in [1.165, 1.54) is 12.0 Å². The van der Waals surface area contributed by atoms with Gasteiger partial charge in [-0.2, -0.15) is 0 Å². The van der Waals surface area contributed by atoms with Crippen molar-refractivity contribution in [3.05, 3.63) is 70.3 Å². The van der Waals surface area contributed by atoms with Gasteiger partial charge in [-0.1, -0.05) is 49.2 Å². The summed E-state index contributed by atoms with van der Waals surface area (Å²) in [4.78, 5) is 6.92. The predicted molar refractivity (Wildman–Crippen MR) is 126 cm³/mol. The van der Waals surface area contributed by atoms with Gasteiger partial charge < -0.3 is 10.2 Å². The molecular weight excluding hydrogens is 401 g/mol. The lowest BCUT2D eigenvalue weighted by Gasteiger charge is -2.22. The number of benzene rings is 2. The average Bonchev–Trinajstić information content (AvgIpc) is 2.74. The molecule has 0 radical (unpaired) electrons. The molecule has 0 unspecified atom stereocenters. The van der Waals surface area contributed by atoms with Crippen molar-refractivity contribution >= 4 is 39.8 Å². The molecule has 0 saturated carbocycles. The molecule has 3 rings (SSSR count). The van der Waals surface area contributed by atoms with E-state index in [0.717, 1.165) is 54.2 Å². The van der Waals surface area contributed by atoms with Crippen LogP contribution >= 0.6 is 23.2 Å². The first kappa shape index (κ1) is 21.9. The zero-order valence-electron chi connectivity index (χ0n) is 17.2. The summed E-state index contributed by atoms with van der Waals surface area (Å²) in [5.41, 5.74) is 3.32. The normalized spacial score (nSPS) is 12.4. The van der Waals surface area contributed by atoms with Gasteiger partial charge >= 0.3 is 0 Å². The van der Waals surface area contributed by atoms with E-state index in [0.29, 0.717) is 10.9 Å². The van der Waals surface area contributed by atoms with Crippen molar-refractivity contribution in [2.24, 2.45) is 0 Å². The van der Waals surface area contributed by atoms with Gasteiger partial charge in [0.15, 0.2) is 0 Å². The van der Waals surface area contributed by atoms with Gasteiger partial charge in [-0.05, 0) is 74.4 Å². The van der Waals surface area contributed by atoms with Crippen LogP contribution < -0.4 is 5.32 Å². The zero-order chi connectivity index (χ0) is 20.6. The van der Waals surface area contributed by atoms with Crippen molar-refractivity contribution in [3.8, 4) is 0 Å². The molecule has 5 heteroatoms. The van der Waals surface area contributed by atoms with Crippen LogP contribution in [0, 0.1) is 0 Å². The van der Waals surface area contributed by atoms with Crippen LogP contribution in [0.15, 0.2) is 54.7 Å². The van der Waals surface area contributed by atoms with Gasteiger partial charge in [0, 0.05) is 39.8 Å². The van der Waals surface area contributed by atoms with Gasteiger partial charge in [0.1, 0.15) is 0 Å². The molecule has 0 aliphatic heterocycles. The van der Waals surface area contributed by atoms with E-state index in [1.807, 2.05) is 42.6 Å². The third kappa shape index (κ3) is 6.08. The summed E-state index contributed by atoms with van der Waals surface area (Å²) in [6, 6.07) is 16.2. The van der Waals surface area contributed by atoms with Crippen LogP contribution in [0.1, 0.15) is 38.2 Å². The summed E-state index contributed by atoms with van der Waals surface area (Å²) in [7, 11) is 0. The van der Waals surface area contributed by atoms with E-state index < -0.39 is 0 Å². The second-order valence-corrected chi connectivity index (χ2v) is 8.19. The van der Waals surface area contributed by atoms with Crippen LogP contribution in [-0.4, -0.2) is 36.1 Å². The fourth-order valence-electron chi connectivity index (χ4n) is 3.73. The SMILES string of the molecule is CCN(CC)CCC[C@@H](CNc1ccnc2cc(Cl)ccc12)c1ccc(Cl)cc1. The Labute approximate surface area is 184 Å². The Bertz CT molecular complexity index is 908. The zero-order valence-corrected chi connectivity index (χ0v) is 18.7. The number of fused-ring (bicyclic) bond motifs is 1. The van der Waals surface area contributed by atoms with Crippen LogP contribution in [0.25, 0.3) is 10.9 Å². The quantitative estimate of drug-likeness (QED) is 0.381. The fourth-order valence-corrected chi connectivity index (χ4v) is 4.02.